The van der Waals surface area contributed by atoms with Crippen molar-refractivity contribution in [1.29, 1.82) is 0 Å². The molecule has 1 N–H and O–H groups in total. The van der Waals surface area contributed by atoms with Crippen LogP contribution in [0.1, 0.15) is 26.3 Å². The lowest BCUT2D eigenvalue weighted by molar-refractivity contribution is -0.384. The van der Waals surface area contributed by atoms with E-state index in [1.165, 1.54) is 36.1 Å². The van der Waals surface area contributed by atoms with Crippen LogP contribution in [0.15, 0.2) is 42.5 Å². The molecule has 0 radical (unpaired) electrons. The maximum atomic E-state index is 13.5. The highest BCUT2D eigenvalue weighted by molar-refractivity contribution is 7.92. The molecule has 10 nitrogen and oxygen atoms in total. The number of benzene rings is 2. The predicted molar refractivity (Wildman–Crippen MR) is 140 cm³/mol. The molecular weight excluding hydrogens is 531 g/mol. The van der Waals surface area contributed by atoms with Gasteiger partial charge in [0.15, 0.2) is 0 Å². The Morgan fingerprint density at radius 2 is 1.78 bits per heavy atom. The summed E-state index contributed by atoms with van der Waals surface area (Å²) < 4.78 is 25.9. The van der Waals surface area contributed by atoms with Crippen LogP contribution in [0.5, 0.6) is 0 Å². The smallest absolute Gasteiger partial charge is 0.271 e. The molecule has 2 amide bonds. The summed E-state index contributed by atoms with van der Waals surface area (Å²) in [5.74, 6) is -0.959. The normalized spacial score (nSPS) is 12.2. The maximum Gasteiger partial charge on any atom is 0.271 e. The van der Waals surface area contributed by atoms with Crippen LogP contribution in [0.2, 0.25) is 10.0 Å². The lowest BCUT2D eigenvalue weighted by atomic mass is 10.1. The molecule has 13 heteroatoms. The molecule has 0 bridgehead atoms. The van der Waals surface area contributed by atoms with Gasteiger partial charge in [-0.15, -0.1) is 0 Å². The van der Waals surface area contributed by atoms with Crippen molar-refractivity contribution < 1.29 is 22.9 Å². The highest BCUT2D eigenvalue weighted by Crippen LogP contribution is 2.26. The van der Waals surface area contributed by atoms with Gasteiger partial charge in [0.2, 0.25) is 21.8 Å². The quantitative estimate of drug-likeness (QED) is 0.329. The van der Waals surface area contributed by atoms with Gasteiger partial charge in [-0.1, -0.05) is 49.2 Å². The summed E-state index contributed by atoms with van der Waals surface area (Å²) in [7, 11) is -4.02. The van der Waals surface area contributed by atoms with Crippen molar-refractivity contribution in [2.75, 3.05) is 23.7 Å². The Hall–Kier alpha value is -2.89. The number of nitrogens with zero attached hydrogens (tertiary/aromatic N) is 3. The number of amides is 2. The summed E-state index contributed by atoms with van der Waals surface area (Å²) in [6, 6.07) is 8.66. The molecule has 0 spiro atoms. The van der Waals surface area contributed by atoms with Crippen molar-refractivity contribution in [1.82, 2.24) is 10.2 Å². The average Bonchev–Trinajstić information content (AvgIpc) is 2.79. The first-order chi connectivity index (χ1) is 16.7. The molecule has 0 aliphatic heterocycles. The van der Waals surface area contributed by atoms with Gasteiger partial charge >= 0.3 is 0 Å². The second kappa shape index (κ2) is 12.4. The standard InChI is InChI=1S/C23H28Cl2N4O6S/c1-15(2)12-26-23(31)16(3)27(13-17-8-9-18(24)10-21(17)25)22(30)14-28(36(4,34)35)19-6-5-7-20(11-19)29(32)33/h5-11,15-16H,12-14H2,1-4H3,(H,26,31)/t16-/m0/s1. The van der Waals surface area contributed by atoms with E-state index in [-0.39, 0.29) is 28.9 Å². The summed E-state index contributed by atoms with van der Waals surface area (Å²) in [5.41, 5.74) is 0.112. The summed E-state index contributed by atoms with van der Waals surface area (Å²) in [4.78, 5) is 38.1. The number of hydrogen-bond acceptors (Lipinski definition) is 6. The van der Waals surface area contributed by atoms with Gasteiger partial charge in [0, 0.05) is 35.3 Å². The molecule has 0 unspecified atom stereocenters. The SMILES string of the molecule is CC(C)CNC(=O)[C@H](C)N(Cc1ccc(Cl)cc1Cl)C(=O)CN(c1cccc([N+](=O)[O-])c1)S(C)(=O)=O. The Kier molecular flexibility index (Phi) is 10.1. The topological polar surface area (TPSA) is 130 Å². The molecule has 2 aromatic rings. The minimum Gasteiger partial charge on any atom is -0.354 e. The van der Waals surface area contributed by atoms with Gasteiger partial charge in [-0.05, 0) is 36.6 Å². The maximum absolute atomic E-state index is 13.5. The van der Waals surface area contributed by atoms with Gasteiger partial charge in [-0.2, -0.15) is 0 Å². The monoisotopic (exact) mass is 558 g/mol. The fourth-order valence-electron chi connectivity index (χ4n) is 3.24. The molecule has 0 heterocycles. The predicted octanol–water partition coefficient (Wildman–Crippen LogP) is 3.86. The van der Waals surface area contributed by atoms with E-state index in [4.69, 9.17) is 23.2 Å². The van der Waals surface area contributed by atoms with E-state index in [9.17, 15) is 28.1 Å². The van der Waals surface area contributed by atoms with Crippen LogP contribution in [-0.4, -0.2) is 55.4 Å². The zero-order valence-corrected chi connectivity index (χ0v) is 22.6. The van der Waals surface area contributed by atoms with Crippen LogP contribution < -0.4 is 9.62 Å². The summed E-state index contributed by atoms with van der Waals surface area (Å²) >= 11 is 12.3. The molecule has 36 heavy (non-hydrogen) atoms. The average molecular weight is 559 g/mol. The minimum absolute atomic E-state index is 0.0542. The molecule has 1 atom stereocenters. The van der Waals surface area contributed by atoms with E-state index in [0.717, 1.165) is 16.6 Å². The number of hydrogen-bond donors (Lipinski definition) is 1. The van der Waals surface area contributed by atoms with Crippen LogP contribution >= 0.6 is 23.2 Å². The number of rotatable bonds is 11. The number of anilines is 1. The molecule has 0 aliphatic carbocycles. The van der Waals surface area contributed by atoms with Crippen molar-refractivity contribution >= 4 is 56.4 Å². The van der Waals surface area contributed by atoms with E-state index >= 15 is 0 Å². The Balaban J connectivity index is 2.44. The van der Waals surface area contributed by atoms with E-state index in [2.05, 4.69) is 5.32 Å². The van der Waals surface area contributed by atoms with E-state index in [1.54, 1.807) is 12.1 Å². The molecule has 0 aromatic heterocycles. The van der Waals surface area contributed by atoms with Gasteiger partial charge in [-0.25, -0.2) is 8.42 Å². The number of nitro groups is 1. The van der Waals surface area contributed by atoms with Crippen LogP contribution in [-0.2, 0) is 26.2 Å². The van der Waals surface area contributed by atoms with E-state index in [1.807, 2.05) is 13.8 Å². The second-order valence-corrected chi connectivity index (χ2v) is 11.4. The van der Waals surface area contributed by atoms with Gasteiger partial charge < -0.3 is 10.2 Å². The molecule has 2 rings (SSSR count). The van der Waals surface area contributed by atoms with Gasteiger partial charge in [0.1, 0.15) is 12.6 Å². The Morgan fingerprint density at radius 3 is 2.33 bits per heavy atom. The summed E-state index contributed by atoms with van der Waals surface area (Å²) in [5, 5.41) is 14.6. The molecule has 196 valence electrons. The van der Waals surface area contributed by atoms with E-state index < -0.39 is 39.3 Å². The van der Waals surface area contributed by atoms with Crippen molar-refractivity contribution in [3.05, 3.63) is 68.2 Å². The van der Waals surface area contributed by atoms with Crippen LogP contribution in [0.3, 0.4) is 0 Å². The number of non-ortho nitro benzene ring substituents is 1. The van der Waals surface area contributed by atoms with Crippen LogP contribution in [0.25, 0.3) is 0 Å². The fourth-order valence-corrected chi connectivity index (χ4v) is 4.55. The third kappa shape index (κ3) is 8.07. The summed E-state index contributed by atoms with van der Waals surface area (Å²) in [6.45, 7) is 4.96. The third-order valence-corrected chi connectivity index (χ3v) is 6.94. The molecule has 0 saturated heterocycles. The van der Waals surface area contributed by atoms with Crippen molar-refractivity contribution in [3.8, 4) is 0 Å². The van der Waals surface area contributed by atoms with Gasteiger partial charge in [0.05, 0.1) is 16.9 Å². The largest absolute Gasteiger partial charge is 0.354 e. The third-order valence-electron chi connectivity index (χ3n) is 5.22. The first-order valence-corrected chi connectivity index (χ1v) is 13.5. The molecule has 0 aliphatic rings. The highest BCUT2D eigenvalue weighted by Gasteiger charge is 2.31. The Morgan fingerprint density at radius 1 is 1.11 bits per heavy atom. The number of carbonyl (C=O) groups is 2. The number of nitro benzene ring substituents is 1. The number of nitrogens with one attached hydrogen (secondary N) is 1. The zero-order valence-electron chi connectivity index (χ0n) is 20.3. The fraction of sp³-hybridized carbons (Fsp3) is 0.391. The van der Waals surface area contributed by atoms with Crippen LogP contribution in [0, 0.1) is 16.0 Å². The number of carbonyl (C=O) groups excluding carboxylic acids is 2. The summed E-state index contributed by atoms with van der Waals surface area (Å²) in [6.07, 6.45) is 0.887. The Labute approximate surface area is 220 Å². The number of sulfonamides is 1. The van der Waals surface area contributed by atoms with Crippen molar-refractivity contribution in [3.63, 3.8) is 0 Å². The van der Waals surface area contributed by atoms with Gasteiger partial charge in [0.25, 0.3) is 5.69 Å². The lowest BCUT2D eigenvalue weighted by Crippen LogP contribution is -2.51. The van der Waals surface area contributed by atoms with Crippen LogP contribution in [0.4, 0.5) is 11.4 Å². The second-order valence-electron chi connectivity index (χ2n) is 8.62. The van der Waals surface area contributed by atoms with Crippen molar-refractivity contribution in [2.24, 2.45) is 5.92 Å². The highest BCUT2D eigenvalue weighted by atomic mass is 35.5. The molecular formula is C23H28Cl2N4O6S. The molecule has 0 fully saturated rings. The van der Waals surface area contributed by atoms with Crippen molar-refractivity contribution in [2.45, 2.75) is 33.4 Å². The number of halogens is 2. The minimum atomic E-state index is -4.02. The first kappa shape index (κ1) is 29.3. The van der Waals surface area contributed by atoms with E-state index in [0.29, 0.717) is 17.1 Å². The van der Waals surface area contributed by atoms with Gasteiger partial charge in [-0.3, -0.25) is 24.0 Å². The zero-order chi connectivity index (χ0) is 27.2. The lowest BCUT2D eigenvalue weighted by Gasteiger charge is -2.31. The molecule has 0 saturated carbocycles. The Bertz CT molecular complexity index is 1240. The molecule has 2 aromatic carbocycles. The first-order valence-electron chi connectivity index (χ1n) is 10.9.